The minimum atomic E-state index is -0.0160. The molecular weight excluding hydrogens is 394 g/mol. The van der Waals surface area contributed by atoms with Crippen LogP contribution in [0.2, 0.25) is 0 Å². The van der Waals surface area contributed by atoms with Crippen LogP contribution in [0.5, 0.6) is 0 Å². The number of benzene rings is 2. The number of rotatable bonds is 6. The molecular formula is C24H25N3O2S. The highest BCUT2D eigenvalue weighted by Crippen LogP contribution is 2.20. The summed E-state index contributed by atoms with van der Waals surface area (Å²) in [4.78, 5) is 29.8. The Labute approximate surface area is 180 Å². The van der Waals surface area contributed by atoms with Gasteiger partial charge in [-0.3, -0.25) is 14.5 Å². The Hall–Kier alpha value is -2.96. The van der Waals surface area contributed by atoms with E-state index in [0.29, 0.717) is 19.6 Å². The second-order valence-corrected chi connectivity index (χ2v) is 8.26. The maximum atomic E-state index is 12.8. The average molecular weight is 420 g/mol. The zero-order valence-electron chi connectivity index (χ0n) is 16.8. The molecule has 1 aliphatic heterocycles. The lowest BCUT2D eigenvalue weighted by Gasteiger charge is -2.34. The third-order valence-electron chi connectivity index (χ3n) is 5.36. The molecule has 1 N–H and O–H groups in total. The van der Waals surface area contributed by atoms with E-state index in [-0.39, 0.29) is 11.8 Å². The molecule has 0 aliphatic carbocycles. The van der Waals surface area contributed by atoms with Crippen LogP contribution in [0.25, 0.3) is 11.1 Å². The molecule has 2 amide bonds. The van der Waals surface area contributed by atoms with Gasteiger partial charge in [0.05, 0.1) is 4.88 Å². The van der Waals surface area contributed by atoms with Gasteiger partial charge in [0, 0.05) is 44.8 Å². The van der Waals surface area contributed by atoms with E-state index in [1.165, 1.54) is 11.3 Å². The number of hydrogen-bond donors (Lipinski definition) is 1. The first-order valence-corrected chi connectivity index (χ1v) is 11.1. The molecule has 6 heteroatoms. The summed E-state index contributed by atoms with van der Waals surface area (Å²) in [5.41, 5.74) is 2.99. The van der Waals surface area contributed by atoms with Crippen molar-refractivity contribution in [3.8, 4) is 11.1 Å². The van der Waals surface area contributed by atoms with Crippen LogP contribution < -0.4 is 5.32 Å². The van der Waals surface area contributed by atoms with Gasteiger partial charge >= 0.3 is 0 Å². The van der Waals surface area contributed by atoms with Gasteiger partial charge in [-0.25, -0.2) is 0 Å². The van der Waals surface area contributed by atoms with Crippen LogP contribution in [-0.2, 0) is 0 Å². The van der Waals surface area contributed by atoms with Crippen LogP contribution in [0.3, 0.4) is 0 Å². The Balaban J connectivity index is 1.23. The molecule has 2 heterocycles. The fourth-order valence-corrected chi connectivity index (χ4v) is 4.26. The zero-order chi connectivity index (χ0) is 20.8. The SMILES string of the molecule is O=C(NCCN1CCN(C(=O)c2ccc(-c3ccccc3)cc2)CC1)c1cccs1. The highest BCUT2D eigenvalue weighted by molar-refractivity contribution is 7.12. The van der Waals surface area contributed by atoms with E-state index in [4.69, 9.17) is 0 Å². The van der Waals surface area contributed by atoms with Crippen LogP contribution in [0, 0.1) is 0 Å². The van der Waals surface area contributed by atoms with E-state index in [1.54, 1.807) is 0 Å². The van der Waals surface area contributed by atoms with Crippen LogP contribution in [0.4, 0.5) is 0 Å². The molecule has 0 bridgehead atoms. The summed E-state index contributed by atoms with van der Waals surface area (Å²) < 4.78 is 0. The number of nitrogens with one attached hydrogen (secondary N) is 1. The van der Waals surface area contributed by atoms with Crippen LogP contribution in [0.15, 0.2) is 72.1 Å². The number of amides is 2. The Morgan fingerprint density at radius 1 is 0.833 bits per heavy atom. The molecule has 154 valence electrons. The number of nitrogens with zero attached hydrogens (tertiary/aromatic N) is 2. The topological polar surface area (TPSA) is 52.7 Å². The molecule has 2 aromatic carbocycles. The van der Waals surface area contributed by atoms with Crippen molar-refractivity contribution in [2.24, 2.45) is 0 Å². The van der Waals surface area contributed by atoms with Gasteiger partial charge in [-0.1, -0.05) is 48.5 Å². The van der Waals surface area contributed by atoms with Crippen LogP contribution >= 0.6 is 11.3 Å². The van der Waals surface area contributed by atoms with Gasteiger partial charge in [0.1, 0.15) is 0 Å². The molecule has 30 heavy (non-hydrogen) atoms. The minimum absolute atomic E-state index is 0.0160. The van der Waals surface area contributed by atoms with Crippen molar-refractivity contribution in [3.05, 3.63) is 82.6 Å². The predicted octanol–water partition coefficient (Wildman–Crippen LogP) is 3.60. The summed E-state index contributed by atoms with van der Waals surface area (Å²) in [6, 6.07) is 21.7. The molecule has 0 saturated carbocycles. The van der Waals surface area contributed by atoms with Crippen molar-refractivity contribution in [2.75, 3.05) is 39.3 Å². The Morgan fingerprint density at radius 3 is 2.20 bits per heavy atom. The molecule has 0 atom stereocenters. The molecule has 0 spiro atoms. The van der Waals surface area contributed by atoms with E-state index in [9.17, 15) is 9.59 Å². The molecule has 1 aliphatic rings. The summed E-state index contributed by atoms with van der Waals surface area (Å²) in [6.07, 6.45) is 0. The van der Waals surface area contributed by atoms with E-state index < -0.39 is 0 Å². The van der Waals surface area contributed by atoms with Gasteiger partial charge in [0.2, 0.25) is 0 Å². The molecule has 1 saturated heterocycles. The Bertz CT molecular complexity index is 963. The number of carbonyl (C=O) groups is 2. The van der Waals surface area contributed by atoms with Gasteiger partial charge in [0.15, 0.2) is 0 Å². The van der Waals surface area contributed by atoms with E-state index in [2.05, 4.69) is 22.3 Å². The zero-order valence-corrected chi connectivity index (χ0v) is 17.6. The van der Waals surface area contributed by atoms with Crippen LogP contribution in [-0.4, -0.2) is 60.9 Å². The Kier molecular flexibility index (Phi) is 6.57. The first-order chi connectivity index (χ1) is 14.7. The molecule has 0 radical (unpaired) electrons. The van der Waals surface area contributed by atoms with Crippen molar-refractivity contribution >= 4 is 23.2 Å². The third kappa shape index (κ3) is 4.96. The van der Waals surface area contributed by atoms with Crippen molar-refractivity contribution in [3.63, 3.8) is 0 Å². The van der Waals surface area contributed by atoms with Gasteiger partial charge in [-0.05, 0) is 34.7 Å². The summed E-state index contributed by atoms with van der Waals surface area (Å²) in [5.74, 6) is 0.0676. The molecule has 4 rings (SSSR count). The second kappa shape index (κ2) is 9.69. The van der Waals surface area contributed by atoms with Crippen LogP contribution in [0.1, 0.15) is 20.0 Å². The first-order valence-electron chi connectivity index (χ1n) is 10.2. The largest absolute Gasteiger partial charge is 0.350 e. The fraction of sp³-hybridized carbons (Fsp3) is 0.250. The molecule has 1 fully saturated rings. The molecule has 0 unspecified atom stereocenters. The quantitative estimate of drug-likeness (QED) is 0.664. The molecule has 3 aromatic rings. The van der Waals surface area contributed by atoms with Gasteiger partial charge in [-0.2, -0.15) is 0 Å². The smallest absolute Gasteiger partial charge is 0.261 e. The monoisotopic (exact) mass is 419 g/mol. The fourth-order valence-electron chi connectivity index (χ4n) is 3.62. The summed E-state index contributed by atoms with van der Waals surface area (Å²) in [7, 11) is 0. The van der Waals surface area contributed by atoms with Crippen molar-refractivity contribution < 1.29 is 9.59 Å². The Morgan fingerprint density at radius 2 is 1.53 bits per heavy atom. The lowest BCUT2D eigenvalue weighted by molar-refractivity contribution is 0.0638. The van der Waals surface area contributed by atoms with Crippen molar-refractivity contribution in [1.82, 2.24) is 15.1 Å². The number of thiophene rings is 1. The van der Waals surface area contributed by atoms with Crippen molar-refractivity contribution in [2.45, 2.75) is 0 Å². The lowest BCUT2D eigenvalue weighted by Crippen LogP contribution is -2.50. The summed E-state index contributed by atoms with van der Waals surface area (Å²) >= 11 is 1.45. The second-order valence-electron chi connectivity index (χ2n) is 7.31. The highest BCUT2D eigenvalue weighted by Gasteiger charge is 2.22. The average Bonchev–Trinajstić information content (AvgIpc) is 3.35. The van der Waals surface area contributed by atoms with Crippen molar-refractivity contribution in [1.29, 1.82) is 0 Å². The summed E-state index contributed by atoms with van der Waals surface area (Å²) in [6.45, 7) is 4.47. The normalized spacial score (nSPS) is 14.5. The van der Waals surface area contributed by atoms with Gasteiger partial charge < -0.3 is 10.2 Å². The standard InChI is InChI=1S/C24H25N3O2S/c28-23(22-7-4-18-30-22)25-12-13-26-14-16-27(17-15-26)24(29)21-10-8-20(9-11-21)19-5-2-1-3-6-19/h1-11,18H,12-17H2,(H,25,28). The first kappa shape index (κ1) is 20.3. The molecule has 5 nitrogen and oxygen atoms in total. The number of hydrogen-bond acceptors (Lipinski definition) is 4. The third-order valence-corrected chi connectivity index (χ3v) is 6.23. The number of carbonyl (C=O) groups excluding carboxylic acids is 2. The maximum Gasteiger partial charge on any atom is 0.261 e. The highest BCUT2D eigenvalue weighted by atomic mass is 32.1. The van der Waals surface area contributed by atoms with Gasteiger partial charge in [0.25, 0.3) is 11.8 Å². The molecule has 1 aromatic heterocycles. The van der Waals surface area contributed by atoms with E-state index in [1.807, 2.05) is 64.9 Å². The minimum Gasteiger partial charge on any atom is -0.350 e. The van der Waals surface area contributed by atoms with E-state index in [0.717, 1.165) is 41.2 Å². The maximum absolute atomic E-state index is 12.8. The number of piperazine rings is 1. The summed E-state index contributed by atoms with van der Waals surface area (Å²) in [5, 5.41) is 4.86. The lowest BCUT2D eigenvalue weighted by atomic mass is 10.0. The predicted molar refractivity (Wildman–Crippen MR) is 121 cm³/mol. The van der Waals surface area contributed by atoms with Gasteiger partial charge in [-0.15, -0.1) is 11.3 Å². The van der Waals surface area contributed by atoms with E-state index >= 15 is 0 Å².